The topological polar surface area (TPSA) is 78.9 Å². The average Bonchev–Trinajstić information content (AvgIpc) is 3.14. The van der Waals surface area contributed by atoms with E-state index in [1.54, 1.807) is 4.68 Å². The van der Waals surface area contributed by atoms with Crippen LogP contribution in [0.1, 0.15) is 60.9 Å². The summed E-state index contributed by atoms with van der Waals surface area (Å²) in [7, 11) is 0. The molecule has 0 radical (unpaired) electrons. The van der Waals surface area contributed by atoms with Crippen molar-refractivity contribution in [2.45, 2.75) is 56.9 Å². The predicted octanol–water partition coefficient (Wildman–Crippen LogP) is 2.18. The number of carboxylic acids is 1. The Morgan fingerprint density at radius 2 is 2.26 bits per heavy atom. The van der Waals surface area contributed by atoms with Crippen LogP contribution in [0.4, 0.5) is 0 Å². The molecule has 1 saturated carbocycles. The van der Waals surface area contributed by atoms with Gasteiger partial charge in [0, 0.05) is 17.2 Å². The van der Waals surface area contributed by atoms with Gasteiger partial charge in [0.1, 0.15) is 6.54 Å². The zero-order valence-corrected chi connectivity index (χ0v) is 10.8. The molecule has 3 rings (SSSR count). The van der Waals surface area contributed by atoms with E-state index < -0.39 is 5.97 Å². The Hall–Kier alpha value is -1.83. The van der Waals surface area contributed by atoms with Crippen LogP contribution in [0.2, 0.25) is 0 Å². The zero-order valence-electron chi connectivity index (χ0n) is 10.8. The number of nitriles is 1. The molecular formula is C14H17N3O2. The van der Waals surface area contributed by atoms with Crippen LogP contribution < -0.4 is 0 Å². The first kappa shape index (κ1) is 12.2. The number of hydrogen-bond donors (Lipinski definition) is 1. The highest BCUT2D eigenvalue weighted by atomic mass is 16.4. The molecule has 100 valence electrons. The second-order valence-corrected chi connectivity index (χ2v) is 5.52. The number of aromatic nitrogens is 2. The van der Waals surface area contributed by atoms with Gasteiger partial charge in [0.15, 0.2) is 0 Å². The van der Waals surface area contributed by atoms with E-state index in [9.17, 15) is 4.79 Å². The number of rotatable bonds is 4. The lowest BCUT2D eigenvalue weighted by atomic mass is 9.82. The fraction of sp³-hybridized carbons (Fsp3) is 0.643. The van der Waals surface area contributed by atoms with Gasteiger partial charge in [-0.3, -0.25) is 9.48 Å². The predicted molar refractivity (Wildman–Crippen MR) is 67.7 cm³/mol. The van der Waals surface area contributed by atoms with E-state index in [2.05, 4.69) is 11.2 Å². The first-order valence-electron chi connectivity index (χ1n) is 6.89. The summed E-state index contributed by atoms with van der Waals surface area (Å²) in [6, 6.07) is 2.15. The third kappa shape index (κ3) is 2.23. The Labute approximate surface area is 111 Å². The van der Waals surface area contributed by atoms with Crippen LogP contribution in [0, 0.1) is 11.3 Å². The quantitative estimate of drug-likeness (QED) is 0.898. The van der Waals surface area contributed by atoms with Gasteiger partial charge >= 0.3 is 5.97 Å². The second-order valence-electron chi connectivity index (χ2n) is 5.52. The molecule has 1 atom stereocenters. The minimum atomic E-state index is -0.743. The van der Waals surface area contributed by atoms with E-state index in [1.807, 2.05) is 0 Å². The summed E-state index contributed by atoms with van der Waals surface area (Å²) in [6.07, 6.45) is 5.33. The molecule has 5 nitrogen and oxygen atoms in total. The Morgan fingerprint density at radius 1 is 1.47 bits per heavy atom. The standard InChI is InChI=1S/C14H17N3O2/c15-6-7-17-11-3-1-2-10(8-12(18)19)13(11)14(16-17)9-4-5-9/h9-10H,1-5,7-8H2,(H,18,19). The highest BCUT2D eigenvalue weighted by molar-refractivity contribution is 5.68. The summed E-state index contributed by atoms with van der Waals surface area (Å²) >= 11 is 0. The van der Waals surface area contributed by atoms with Crippen molar-refractivity contribution in [2.75, 3.05) is 0 Å². The smallest absolute Gasteiger partial charge is 0.303 e. The van der Waals surface area contributed by atoms with Gasteiger partial charge in [0.05, 0.1) is 18.2 Å². The first-order valence-corrected chi connectivity index (χ1v) is 6.89. The molecule has 2 aliphatic rings. The molecule has 1 N–H and O–H groups in total. The van der Waals surface area contributed by atoms with Gasteiger partial charge in [0.2, 0.25) is 0 Å². The van der Waals surface area contributed by atoms with Crippen LogP contribution in [-0.4, -0.2) is 20.9 Å². The van der Waals surface area contributed by atoms with Crippen LogP contribution in [-0.2, 0) is 17.8 Å². The van der Waals surface area contributed by atoms with Gasteiger partial charge in [0.25, 0.3) is 0 Å². The van der Waals surface area contributed by atoms with Crippen molar-refractivity contribution in [1.29, 1.82) is 5.26 Å². The van der Waals surface area contributed by atoms with Crippen molar-refractivity contribution < 1.29 is 9.90 Å². The summed E-state index contributed by atoms with van der Waals surface area (Å²) in [5.74, 6) is -0.153. The Bertz CT molecular complexity index is 552. The van der Waals surface area contributed by atoms with Gasteiger partial charge in [-0.2, -0.15) is 10.4 Å². The number of fused-ring (bicyclic) bond motifs is 1. The minimum absolute atomic E-state index is 0.0873. The maximum atomic E-state index is 11.0. The molecular weight excluding hydrogens is 242 g/mol. The monoisotopic (exact) mass is 259 g/mol. The van der Waals surface area contributed by atoms with Crippen LogP contribution in [0.15, 0.2) is 0 Å². The molecule has 2 aliphatic carbocycles. The van der Waals surface area contributed by atoms with Crippen molar-refractivity contribution >= 4 is 5.97 Å². The van der Waals surface area contributed by atoms with E-state index in [0.717, 1.165) is 49.1 Å². The van der Waals surface area contributed by atoms with Crippen molar-refractivity contribution in [3.05, 3.63) is 17.0 Å². The molecule has 0 aromatic carbocycles. The normalized spacial score (nSPS) is 21.7. The summed E-state index contributed by atoms with van der Waals surface area (Å²) < 4.78 is 1.80. The van der Waals surface area contributed by atoms with Gasteiger partial charge in [-0.05, 0) is 38.0 Å². The maximum absolute atomic E-state index is 11.0. The number of carboxylic acid groups (broad SMARTS) is 1. The number of carbonyl (C=O) groups is 1. The largest absolute Gasteiger partial charge is 0.481 e. The molecule has 1 fully saturated rings. The van der Waals surface area contributed by atoms with E-state index in [0.29, 0.717) is 5.92 Å². The Morgan fingerprint density at radius 3 is 2.89 bits per heavy atom. The van der Waals surface area contributed by atoms with Crippen molar-refractivity contribution in [3.8, 4) is 6.07 Å². The van der Waals surface area contributed by atoms with E-state index >= 15 is 0 Å². The highest BCUT2D eigenvalue weighted by Gasteiger charge is 2.36. The lowest BCUT2D eigenvalue weighted by Gasteiger charge is -2.22. The second kappa shape index (κ2) is 4.69. The fourth-order valence-electron chi connectivity index (χ4n) is 3.17. The van der Waals surface area contributed by atoms with Crippen LogP contribution >= 0.6 is 0 Å². The molecule has 0 aliphatic heterocycles. The van der Waals surface area contributed by atoms with Gasteiger partial charge in [-0.1, -0.05) is 0 Å². The summed E-state index contributed by atoms with van der Waals surface area (Å²) in [5.41, 5.74) is 3.35. The van der Waals surface area contributed by atoms with Crippen LogP contribution in [0.3, 0.4) is 0 Å². The van der Waals surface area contributed by atoms with Crippen molar-refractivity contribution in [2.24, 2.45) is 0 Å². The van der Waals surface area contributed by atoms with Crippen LogP contribution in [0.25, 0.3) is 0 Å². The maximum Gasteiger partial charge on any atom is 0.303 e. The third-order valence-electron chi connectivity index (χ3n) is 4.11. The minimum Gasteiger partial charge on any atom is -0.481 e. The fourth-order valence-corrected chi connectivity index (χ4v) is 3.17. The van der Waals surface area contributed by atoms with E-state index in [4.69, 9.17) is 10.4 Å². The summed E-state index contributed by atoms with van der Waals surface area (Å²) in [5, 5.41) is 22.6. The Balaban J connectivity index is 2.02. The average molecular weight is 259 g/mol. The lowest BCUT2D eigenvalue weighted by Crippen LogP contribution is -2.16. The van der Waals surface area contributed by atoms with Crippen LogP contribution in [0.5, 0.6) is 0 Å². The number of nitrogens with zero attached hydrogens (tertiary/aromatic N) is 3. The molecule has 19 heavy (non-hydrogen) atoms. The summed E-state index contributed by atoms with van der Waals surface area (Å²) in [4.78, 5) is 11.0. The molecule has 0 amide bonds. The molecule has 1 aromatic rings. The summed E-state index contributed by atoms with van der Waals surface area (Å²) in [6.45, 7) is 0.273. The number of hydrogen-bond acceptors (Lipinski definition) is 3. The highest BCUT2D eigenvalue weighted by Crippen LogP contribution is 2.46. The van der Waals surface area contributed by atoms with E-state index in [-0.39, 0.29) is 18.9 Å². The zero-order chi connectivity index (χ0) is 13.4. The Kier molecular flexibility index (Phi) is 3.02. The SMILES string of the molecule is N#CCn1nc(C2CC2)c2c1CCCC2CC(=O)O. The molecule has 0 bridgehead atoms. The molecule has 5 heteroatoms. The van der Waals surface area contributed by atoms with E-state index in [1.165, 1.54) is 0 Å². The molecule has 1 heterocycles. The first-order chi connectivity index (χ1) is 9.20. The molecule has 1 aromatic heterocycles. The van der Waals surface area contributed by atoms with Gasteiger partial charge in [-0.25, -0.2) is 0 Å². The van der Waals surface area contributed by atoms with Gasteiger partial charge < -0.3 is 5.11 Å². The third-order valence-corrected chi connectivity index (χ3v) is 4.11. The molecule has 1 unspecified atom stereocenters. The van der Waals surface area contributed by atoms with Crippen molar-refractivity contribution in [3.63, 3.8) is 0 Å². The molecule has 0 spiro atoms. The van der Waals surface area contributed by atoms with Crippen molar-refractivity contribution in [1.82, 2.24) is 9.78 Å². The lowest BCUT2D eigenvalue weighted by molar-refractivity contribution is -0.137. The number of aliphatic carboxylic acids is 1. The molecule has 0 saturated heterocycles. The van der Waals surface area contributed by atoms with Gasteiger partial charge in [-0.15, -0.1) is 0 Å².